The van der Waals surface area contributed by atoms with Gasteiger partial charge in [-0.15, -0.1) is 0 Å². The van der Waals surface area contributed by atoms with Gasteiger partial charge in [0.15, 0.2) is 0 Å². The average molecular weight is 1780 g/mol. The molecule has 0 atom stereocenters. The Labute approximate surface area is 799 Å². The van der Waals surface area contributed by atoms with E-state index in [1.54, 1.807) is 0 Å². The number of benzene rings is 16. The number of nitrogens with zero attached hydrogens (tertiary/aromatic N) is 12. The van der Waals surface area contributed by atoms with Crippen LogP contribution in [0.2, 0.25) is 0 Å². The number of hydrogen-bond acceptors (Lipinski definition) is 8. The molecule has 648 valence electrons. The largest absolute Gasteiger partial charge is 0.292 e. The lowest BCUT2D eigenvalue weighted by Gasteiger charge is -2.13. The lowest BCUT2D eigenvalue weighted by molar-refractivity contribution is 1.16. The van der Waals surface area contributed by atoms with Gasteiger partial charge in [0.25, 0.3) is 0 Å². The molecule has 0 unspecified atom stereocenters. The van der Waals surface area contributed by atoms with E-state index in [9.17, 15) is 0 Å². The van der Waals surface area contributed by atoms with Crippen LogP contribution < -0.4 is 0 Å². The third-order valence-electron chi connectivity index (χ3n) is 32.4. The molecule has 12 nitrogen and oxygen atoms in total. The molecule has 12 heteroatoms. The zero-order valence-electron chi connectivity index (χ0n) is 75.7. The minimum atomic E-state index is 0.966. The fourth-order valence-corrected chi connectivity index (χ4v) is 26.6. The second-order valence-electron chi connectivity index (χ2n) is 39.3. The number of pyridine rings is 8. The van der Waals surface area contributed by atoms with Crippen molar-refractivity contribution in [2.45, 2.75) is 51.4 Å². The lowest BCUT2D eigenvalue weighted by atomic mass is 9.93. The van der Waals surface area contributed by atoms with Gasteiger partial charge < -0.3 is 0 Å². The summed E-state index contributed by atoms with van der Waals surface area (Å²) < 4.78 is 9.32. The normalized spacial score (nSPS) is 13.5. The molecule has 12 heterocycles. The third-order valence-corrected chi connectivity index (χ3v) is 32.4. The molecule has 0 N–H and O–H groups in total. The molecular formula is C128H76N12. The quantitative estimate of drug-likeness (QED) is 0.138. The minimum Gasteiger partial charge on any atom is -0.292 e. The predicted octanol–water partition coefficient (Wildman–Crippen LogP) is 29.3. The van der Waals surface area contributed by atoms with Crippen LogP contribution in [-0.2, 0) is 51.4 Å². The van der Waals surface area contributed by atoms with Crippen LogP contribution in [0.15, 0.2) is 365 Å². The van der Waals surface area contributed by atoms with Gasteiger partial charge in [0, 0.05) is 92.7 Å². The highest BCUT2D eigenvalue weighted by Gasteiger charge is 2.37. The van der Waals surface area contributed by atoms with E-state index in [0.717, 1.165) is 140 Å². The Kier molecular flexibility index (Phi) is 15.0. The van der Waals surface area contributed by atoms with E-state index in [4.69, 9.17) is 19.9 Å². The molecule has 0 amide bonds. The van der Waals surface area contributed by atoms with E-state index in [0.29, 0.717) is 0 Å². The first-order valence-electron chi connectivity index (χ1n) is 48.7. The Morgan fingerprint density at radius 3 is 0.900 bits per heavy atom. The summed E-state index contributed by atoms with van der Waals surface area (Å²) in [6.45, 7) is 0. The van der Waals surface area contributed by atoms with Gasteiger partial charge in [-0.25, -0.2) is 19.9 Å². The van der Waals surface area contributed by atoms with Crippen molar-refractivity contribution < 1.29 is 0 Å². The summed E-state index contributed by atoms with van der Waals surface area (Å²) in [6.07, 6.45) is 23.5. The molecule has 8 aliphatic rings. The highest BCUT2D eigenvalue weighted by Crippen LogP contribution is 2.57. The summed E-state index contributed by atoms with van der Waals surface area (Å²) in [5.41, 5.74) is 62.4. The molecule has 16 aromatic carbocycles. The maximum atomic E-state index is 5.19. The van der Waals surface area contributed by atoms with Crippen LogP contribution in [0.4, 0.5) is 0 Å². The molecule has 28 aromatic rings. The van der Waals surface area contributed by atoms with Crippen LogP contribution in [0, 0.1) is 0 Å². The van der Waals surface area contributed by atoms with Crippen molar-refractivity contribution in [3.63, 3.8) is 0 Å². The van der Waals surface area contributed by atoms with E-state index < -0.39 is 0 Å². The second kappa shape index (κ2) is 27.9. The van der Waals surface area contributed by atoms with E-state index in [1.165, 1.54) is 243 Å². The van der Waals surface area contributed by atoms with Gasteiger partial charge >= 0.3 is 0 Å². The molecule has 12 aromatic heterocycles. The molecule has 140 heavy (non-hydrogen) atoms. The topological polar surface area (TPSA) is 121 Å². The predicted molar refractivity (Wildman–Crippen MR) is 568 cm³/mol. The smallest absolute Gasteiger partial charge is 0.147 e. The third kappa shape index (κ3) is 10.2. The number of fused-ring (bicyclic) bond motifs is 62. The van der Waals surface area contributed by atoms with E-state index in [2.05, 4.69) is 353 Å². The fraction of sp³-hybridized carbons (Fsp3) is 0.0625. The Morgan fingerprint density at radius 1 is 0.164 bits per heavy atom. The van der Waals surface area contributed by atoms with Crippen molar-refractivity contribution >= 4 is 153 Å². The van der Waals surface area contributed by atoms with Crippen LogP contribution in [0.1, 0.15) is 89.0 Å². The molecule has 0 saturated carbocycles. The van der Waals surface area contributed by atoms with Gasteiger partial charge in [-0.1, -0.05) is 224 Å². The van der Waals surface area contributed by atoms with Crippen LogP contribution in [-0.4, -0.2) is 57.5 Å². The number of aromatic nitrogens is 12. The zero-order valence-corrected chi connectivity index (χ0v) is 75.7. The molecule has 36 rings (SSSR count). The second-order valence-corrected chi connectivity index (χ2v) is 39.3. The Hall–Kier alpha value is -18.0. The van der Waals surface area contributed by atoms with Gasteiger partial charge in [0.05, 0.1) is 66.2 Å². The first kappa shape index (κ1) is 75.3. The van der Waals surface area contributed by atoms with Crippen molar-refractivity contribution in [2.24, 2.45) is 0 Å². The van der Waals surface area contributed by atoms with Crippen molar-refractivity contribution in [1.29, 1.82) is 0 Å². The minimum absolute atomic E-state index is 0.966. The van der Waals surface area contributed by atoms with Gasteiger partial charge in [-0.05, 0) is 342 Å². The molecule has 0 aliphatic heterocycles. The van der Waals surface area contributed by atoms with Gasteiger partial charge in [0.1, 0.15) is 22.6 Å². The Bertz CT molecular complexity index is 10300. The molecule has 0 fully saturated rings. The van der Waals surface area contributed by atoms with Gasteiger partial charge in [0.2, 0.25) is 0 Å². The standard InChI is InChI=1S/4C32H19N3/c1-2-6-21-18(5-1)15-19-9-11-22-24(29(19)21)16-20-10-12-23-25-17-33-14-13-27(25)35-28-8-4-3-7-26(28)34-32(35)31(23)30(20)22;1-2-6-22-18(5-1)13-20-16-25-21(15-24(20)22)14-19-9-10-23-26-17-33-12-11-28(26)35-29-8-4-3-7-27(29)34-32(35)31(23)30(19)25;1-2-6-22-18(5-1)13-20-15-21-14-19-9-10-23-26-17-33-12-11-28(26)35-29-8-4-3-7-27(29)34-32(35)31(23)30(19)25(21)16-24(20)22;1-2-6-20-18(5-1)15-24-21(20)11-12-22-25(24)16-19-9-10-23-26-17-33-14-13-28(26)35-29-8-4-3-7-27(29)34-32(35)31(23)30(19)22/h1-14,17H,15-16H2;2*1-12,15-17H,13-14H2;1-14,17H,15-16H2. The summed E-state index contributed by atoms with van der Waals surface area (Å²) >= 11 is 0. The van der Waals surface area contributed by atoms with Gasteiger partial charge in [-0.3, -0.25) is 37.5 Å². The Balaban J connectivity index is 0.0000000829. The summed E-state index contributed by atoms with van der Waals surface area (Å²) in [5, 5.41) is 14.5. The van der Waals surface area contributed by atoms with E-state index >= 15 is 0 Å². The zero-order chi connectivity index (χ0) is 90.7. The molecule has 0 saturated heterocycles. The van der Waals surface area contributed by atoms with Crippen molar-refractivity contribution in [1.82, 2.24) is 57.5 Å². The summed E-state index contributed by atoms with van der Waals surface area (Å²) in [5.74, 6) is 0. The number of hydrogen-bond donors (Lipinski definition) is 0. The lowest BCUT2D eigenvalue weighted by Crippen LogP contribution is -1.94. The highest BCUT2D eigenvalue weighted by atomic mass is 15.0. The Morgan fingerprint density at radius 2 is 0.443 bits per heavy atom. The van der Waals surface area contributed by atoms with Crippen LogP contribution in [0.25, 0.3) is 242 Å². The van der Waals surface area contributed by atoms with Crippen molar-refractivity contribution in [3.05, 3.63) is 454 Å². The van der Waals surface area contributed by atoms with E-state index in [-0.39, 0.29) is 0 Å². The number of imidazole rings is 4. The highest BCUT2D eigenvalue weighted by molar-refractivity contribution is 6.25. The van der Waals surface area contributed by atoms with Crippen LogP contribution in [0.3, 0.4) is 0 Å². The SMILES string of the molecule is c1ccc2c(c1)Cc1c-2ccc2c1Cc1ccc3c4cnccc4n4c5ccccc5nc4c3c1-2.c1ccc2c(c1)Cc1cc3c(cc1-2)-c1c(ccc2c4cnccc4n4c5ccccc5nc4c12)C3.c1ccc2c(c1)Cc1cc3c(cc1-2)Cc1ccc2c4cnccc4n4c5ccccc5nc4c2c1-3.c1ccc2c(c1)Cc1ccc3c(c1-2)Cc1ccc2c4cnccc4n4c5ccccc5nc4c2c1-3. The summed E-state index contributed by atoms with van der Waals surface area (Å²) in [6, 6.07) is 115. The molecule has 0 spiro atoms. The first-order chi connectivity index (χ1) is 69.4. The first-order valence-corrected chi connectivity index (χ1v) is 48.7. The van der Waals surface area contributed by atoms with Gasteiger partial charge in [-0.2, -0.15) is 0 Å². The average Bonchev–Trinajstić information content (AvgIpc) is 1.55. The van der Waals surface area contributed by atoms with Crippen LogP contribution in [0.5, 0.6) is 0 Å². The molecule has 0 bridgehead atoms. The molecule has 0 radical (unpaired) electrons. The summed E-state index contributed by atoms with van der Waals surface area (Å²) in [7, 11) is 0. The van der Waals surface area contributed by atoms with Crippen LogP contribution >= 0.6 is 0 Å². The number of para-hydroxylation sites is 8. The molecular weight excluding hydrogens is 1710 g/mol. The maximum absolute atomic E-state index is 5.19. The fourth-order valence-electron chi connectivity index (χ4n) is 26.6. The van der Waals surface area contributed by atoms with Crippen molar-refractivity contribution in [3.8, 4) is 89.0 Å². The van der Waals surface area contributed by atoms with E-state index in [1.807, 2.05) is 49.6 Å². The maximum Gasteiger partial charge on any atom is 0.147 e. The monoisotopic (exact) mass is 1780 g/mol. The molecule has 8 aliphatic carbocycles. The van der Waals surface area contributed by atoms with Crippen molar-refractivity contribution in [2.75, 3.05) is 0 Å². The number of rotatable bonds is 0. The summed E-state index contributed by atoms with van der Waals surface area (Å²) in [4.78, 5) is 38.8.